The third-order valence-electron chi connectivity index (χ3n) is 0.997. The van der Waals surface area contributed by atoms with Gasteiger partial charge in [0, 0.05) is 0 Å². The van der Waals surface area contributed by atoms with Crippen LogP contribution in [-0.4, -0.2) is 27.1 Å². The van der Waals surface area contributed by atoms with Crippen molar-refractivity contribution < 1.29 is 14.1 Å². The van der Waals surface area contributed by atoms with Crippen molar-refractivity contribution in [1.29, 1.82) is 0 Å². The van der Waals surface area contributed by atoms with Crippen LogP contribution in [0.4, 0.5) is 0 Å². The molecule has 0 fully saturated rings. The van der Waals surface area contributed by atoms with Crippen LogP contribution in [0.1, 0.15) is 0 Å². The zero-order valence-electron chi connectivity index (χ0n) is 6.17. The fourth-order valence-electron chi connectivity index (χ4n) is 0.394. The molecular weight excluding hydrogens is 260 g/mol. The van der Waals surface area contributed by atoms with Crippen LogP contribution in [0, 0.1) is 0 Å². The van der Waals surface area contributed by atoms with Crippen molar-refractivity contribution in [3.05, 3.63) is 8.86 Å². The highest BCUT2D eigenvalue weighted by atomic mass is 35.5. The van der Waals surface area contributed by atoms with Crippen molar-refractivity contribution in [2.24, 2.45) is 5.73 Å². The van der Waals surface area contributed by atoms with Gasteiger partial charge in [-0.3, -0.25) is 9.00 Å². The van der Waals surface area contributed by atoms with Crippen molar-refractivity contribution >= 4 is 51.6 Å². The van der Waals surface area contributed by atoms with Crippen LogP contribution in [0.15, 0.2) is 8.86 Å². The first-order valence-corrected chi connectivity index (χ1v) is 5.39. The molecule has 13 heavy (non-hydrogen) atoms. The average Bonchev–Trinajstić information content (AvgIpc) is 2.02. The topological polar surface area (TPSA) is 80.4 Å². The molecule has 1 unspecified atom stereocenters. The Balaban J connectivity index is 4.33. The maximum atomic E-state index is 11.1. The van der Waals surface area contributed by atoms with Gasteiger partial charge >= 0.3 is 5.97 Å². The van der Waals surface area contributed by atoms with Gasteiger partial charge in [-0.25, -0.2) is 0 Å². The molecule has 0 rings (SSSR count). The molecule has 0 aliphatic rings. The Kier molecular flexibility index (Phi) is 5.91. The lowest BCUT2D eigenvalue weighted by Gasteiger charge is -2.04. The third-order valence-corrected chi connectivity index (χ3v) is 3.76. The standard InChI is InChI=1S/C5H6Cl3NO3S/c6-3(7)4(8)13(12)1-2(9)5(10)11/h2H,1,9H2,(H,10,11)/t2-,13?/m0/s1. The molecule has 2 atom stereocenters. The maximum absolute atomic E-state index is 11.1. The van der Waals surface area contributed by atoms with E-state index in [9.17, 15) is 9.00 Å². The summed E-state index contributed by atoms with van der Waals surface area (Å²) in [5.74, 6) is -1.58. The summed E-state index contributed by atoms with van der Waals surface area (Å²) < 4.78 is 10.5. The molecule has 0 spiro atoms. The fraction of sp³-hybridized carbons (Fsp3) is 0.400. The number of hydrogen-bond acceptors (Lipinski definition) is 3. The summed E-state index contributed by atoms with van der Waals surface area (Å²) in [5.41, 5.74) is 5.10. The largest absolute Gasteiger partial charge is 0.480 e. The van der Waals surface area contributed by atoms with E-state index in [0.717, 1.165) is 0 Å². The first-order chi connectivity index (χ1) is 5.86. The minimum atomic E-state index is -1.77. The van der Waals surface area contributed by atoms with Crippen molar-refractivity contribution in [1.82, 2.24) is 0 Å². The quantitative estimate of drug-likeness (QED) is 0.795. The molecule has 0 heterocycles. The van der Waals surface area contributed by atoms with Crippen LogP contribution in [0.5, 0.6) is 0 Å². The van der Waals surface area contributed by atoms with Gasteiger partial charge in [-0.1, -0.05) is 34.8 Å². The van der Waals surface area contributed by atoms with Crippen molar-refractivity contribution in [3.63, 3.8) is 0 Å². The van der Waals surface area contributed by atoms with Gasteiger partial charge in [0.25, 0.3) is 0 Å². The number of carboxylic acid groups (broad SMARTS) is 1. The molecule has 8 heteroatoms. The second-order valence-electron chi connectivity index (χ2n) is 1.99. The number of halogens is 3. The van der Waals surface area contributed by atoms with Crippen LogP contribution in [0.3, 0.4) is 0 Å². The molecular formula is C5H6Cl3NO3S. The highest BCUT2D eigenvalue weighted by Gasteiger charge is 2.18. The van der Waals surface area contributed by atoms with Gasteiger partial charge in [0.2, 0.25) is 0 Å². The monoisotopic (exact) mass is 265 g/mol. The zero-order valence-corrected chi connectivity index (χ0v) is 9.25. The zero-order chi connectivity index (χ0) is 10.6. The average molecular weight is 267 g/mol. The Bertz CT molecular complexity index is 264. The molecule has 0 aliphatic carbocycles. The number of rotatable bonds is 4. The number of nitrogens with two attached hydrogens (primary N) is 1. The fourth-order valence-corrected chi connectivity index (χ4v) is 1.89. The smallest absolute Gasteiger partial charge is 0.321 e. The van der Waals surface area contributed by atoms with Crippen LogP contribution in [-0.2, 0) is 15.6 Å². The summed E-state index contributed by atoms with van der Waals surface area (Å²) in [6.45, 7) is 0. The maximum Gasteiger partial charge on any atom is 0.321 e. The molecule has 0 radical (unpaired) electrons. The first kappa shape index (κ1) is 13.2. The van der Waals surface area contributed by atoms with E-state index in [0.29, 0.717) is 0 Å². The lowest BCUT2D eigenvalue weighted by molar-refractivity contribution is -0.137. The van der Waals surface area contributed by atoms with E-state index < -0.39 is 22.8 Å². The van der Waals surface area contributed by atoms with Crippen molar-refractivity contribution in [3.8, 4) is 0 Å². The Morgan fingerprint density at radius 2 is 1.92 bits per heavy atom. The van der Waals surface area contributed by atoms with Gasteiger partial charge in [0.05, 0.1) is 16.6 Å². The summed E-state index contributed by atoms with van der Waals surface area (Å²) in [7, 11) is -1.77. The van der Waals surface area contributed by atoms with E-state index in [4.69, 9.17) is 45.6 Å². The predicted molar refractivity (Wildman–Crippen MR) is 53.2 cm³/mol. The first-order valence-electron chi connectivity index (χ1n) is 2.93. The van der Waals surface area contributed by atoms with Gasteiger partial charge in [-0.2, -0.15) is 0 Å². The van der Waals surface area contributed by atoms with Crippen LogP contribution >= 0.6 is 34.8 Å². The molecule has 0 aliphatic heterocycles. The van der Waals surface area contributed by atoms with E-state index in [1.807, 2.05) is 0 Å². The lowest BCUT2D eigenvalue weighted by Crippen LogP contribution is -2.35. The van der Waals surface area contributed by atoms with Gasteiger partial charge in [-0.05, 0) is 0 Å². The lowest BCUT2D eigenvalue weighted by atomic mass is 10.4. The second-order valence-corrected chi connectivity index (χ2v) is 4.98. The minimum Gasteiger partial charge on any atom is -0.480 e. The number of hydrogen-bond donors (Lipinski definition) is 2. The van der Waals surface area contributed by atoms with Crippen LogP contribution < -0.4 is 5.73 Å². The molecule has 0 aromatic heterocycles. The predicted octanol–water partition coefficient (Wildman–Crippen LogP) is 0.990. The van der Waals surface area contributed by atoms with Crippen molar-refractivity contribution in [2.45, 2.75) is 6.04 Å². The molecule has 0 amide bonds. The van der Waals surface area contributed by atoms with Gasteiger partial charge < -0.3 is 10.8 Å². The molecule has 0 saturated carbocycles. The Hall–Kier alpha value is 0.190. The summed E-state index contributed by atoms with van der Waals surface area (Å²) in [5, 5.41) is 8.37. The van der Waals surface area contributed by atoms with E-state index >= 15 is 0 Å². The van der Waals surface area contributed by atoms with Gasteiger partial charge in [-0.15, -0.1) is 0 Å². The van der Waals surface area contributed by atoms with Crippen LogP contribution in [0.2, 0.25) is 0 Å². The second kappa shape index (κ2) is 5.82. The van der Waals surface area contributed by atoms with E-state index in [1.165, 1.54) is 0 Å². The molecule has 4 nitrogen and oxygen atoms in total. The summed E-state index contributed by atoms with van der Waals surface area (Å²) in [4.78, 5) is 10.2. The van der Waals surface area contributed by atoms with E-state index in [2.05, 4.69) is 0 Å². The molecule has 0 bridgehead atoms. The summed E-state index contributed by atoms with van der Waals surface area (Å²) in [6, 6.07) is -1.25. The highest BCUT2D eigenvalue weighted by Crippen LogP contribution is 2.21. The normalized spacial score (nSPS) is 14.8. The number of aliphatic carboxylic acids is 1. The summed E-state index contributed by atoms with van der Waals surface area (Å²) >= 11 is 15.8. The van der Waals surface area contributed by atoms with Crippen LogP contribution in [0.25, 0.3) is 0 Å². The highest BCUT2D eigenvalue weighted by molar-refractivity contribution is 7.90. The molecule has 3 N–H and O–H groups in total. The summed E-state index contributed by atoms with van der Waals surface area (Å²) in [6.07, 6.45) is 0. The Morgan fingerprint density at radius 1 is 1.46 bits per heavy atom. The minimum absolute atomic E-state index is 0.292. The third kappa shape index (κ3) is 4.83. The van der Waals surface area contributed by atoms with E-state index in [-0.39, 0.29) is 14.6 Å². The van der Waals surface area contributed by atoms with E-state index in [1.54, 1.807) is 0 Å². The van der Waals surface area contributed by atoms with Crippen molar-refractivity contribution in [2.75, 3.05) is 5.75 Å². The number of carboxylic acids is 1. The Morgan fingerprint density at radius 3 is 2.23 bits per heavy atom. The molecule has 0 aromatic carbocycles. The van der Waals surface area contributed by atoms with Gasteiger partial charge in [0.15, 0.2) is 0 Å². The Labute approximate surface area is 92.1 Å². The SMILES string of the molecule is N[C@@H](CS(=O)C(Cl)=C(Cl)Cl)C(=O)O. The molecule has 0 saturated heterocycles. The molecule has 0 aromatic rings. The molecule has 76 valence electrons. The number of carbonyl (C=O) groups is 1. The van der Waals surface area contributed by atoms with Gasteiger partial charge in [0.1, 0.15) is 14.9 Å².